The van der Waals surface area contributed by atoms with E-state index >= 15 is 0 Å². The second-order valence-electron chi connectivity index (χ2n) is 7.05. The van der Waals surface area contributed by atoms with Gasteiger partial charge in [0.1, 0.15) is 0 Å². The molecule has 0 radical (unpaired) electrons. The zero-order chi connectivity index (χ0) is 20.4. The van der Waals surface area contributed by atoms with Crippen molar-refractivity contribution in [3.05, 3.63) is 45.7 Å². The highest BCUT2D eigenvalue weighted by Crippen LogP contribution is 2.21. The zero-order valence-electron chi connectivity index (χ0n) is 16.9. The molecule has 0 aliphatic rings. The molecule has 0 saturated carbocycles. The van der Waals surface area contributed by atoms with Gasteiger partial charge >= 0.3 is 0 Å². The molecule has 0 bridgehead atoms. The van der Waals surface area contributed by atoms with Gasteiger partial charge in [-0.1, -0.05) is 6.92 Å². The van der Waals surface area contributed by atoms with Crippen LogP contribution in [0.25, 0.3) is 0 Å². The average molecular weight is 448 g/mol. The molecule has 0 aliphatic heterocycles. The Hall–Kier alpha value is -2.42. The molecule has 0 fully saturated rings. The molecular formula is C19H26BrN7O. The Balaban J connectivity index is 1.61. The maximum Gasteiger partial charge on any atom is 0.229 e. The standard InChI is InChI=1S/C19H26BrN7O/c1-6-26-14(4)16(7-22-26)10-25-11-17(8-21-25)23-19(28)12(2)9-27-15(5)18(20)13(3)24-27/h7-8,11-12H,6,9-10H2,1-5H3,(H,23,28). The summed E-state index contributed by atoms with van der Waals surface area (Å²) in [6, 6.07) is 0. The third-order valence-corrected chi connectivity index (χ3v) is 6.07. The molecule has 3 aromatic rings. The second-order valence-corrected chi connectivity index (χ2v) is 7.85. The highest BCUT2D eigenvalue weighted by molar-refractivity contribution is 9.10. The van der Waals surface area contributed by atoms with Gasteiger partial charge in [0, 0.05) is 29.7 Å². The Morgan fingerprint density at radius 1 is 1.18 bits per heavy atom. The number of carbonyl (C=O) groups is 1. The van der Waals surface area contributed by atoms with Crippen LogP contribution in [0.5, 0.6) is 0 Å². The van der Waals surface area contributed by atoms with Crippen LogP contribution in [-0.2, 0) is 24.4 Å². The van der Waals surface area contributed by atoms with E-state index < -0.39 is 0 Å². The molecular weight excluding hydrogens is 422 g/mol. The Labute approximate surface area is 173 Å². The molecule has 0 spiro atoms. The Kier molecular flexibility index (Phi) is 6.02. The summed E-state index contributed by atoms with van der Waals surface area (Å²) in [6.07, 6.45) is 5.38. The molecule has 0 aromatic carbocycles. The molecule has 1 atom stereocenters. The van der Waals surface area contributed by atoms with Gasteiger partial charge in [0.05, 0.1) is 47.3 Å². The van der Waals surface area contributed by atoms with E-state index in [1.807, 2.05) is 47.2 Å². The fourth-order valence-electron chi connectivity index (χ4n) is 3.11. The van der Waals surface area contributed by atoms with Crippen LogP contribution in [0.2, 0.25) is 0 Å². The van der Waals surface area contributed by atoms with E-state index in [-0.39, 0.29) is 11.8 Å². The van der Waals surface area contributed by atoms with Crippen molar-refractivity contribution in [3.8, 4) is 0 Å². The van der Waals surface area contributed by atoms with Crippen molar-refractivity contribution in [3.63, 3.8) is 0 Å². The van der Waals surface area contributed by atoms with Crippen molar-refractivity contribution >= 4 is 27.5 Å². The third kappa shape index (κ3) is 4.19. The number of amides is 1. The van der Waals surface area contributed by atoms with Crippen molar-refractivity contribution in [1.29, 1.82) is 0 Å². The lowest BCUT2D eigenvalue weighted by Crippen LogP contribution is -2.25. The summed E-state index contributed by atoms with van der Waals surface area (Å²) in [5.74, 6) is -0.281. The van der Waals surface area contributed by atoms with Crippen LogP contribution < -0.4 is 5.32 Å². The normalized spacial score (nSPS) is 12.4. The van der Waals surface area contributed by atoms with Gasteiger partial charge in [-0.3, -0.25) is 18.8 Å². The van der Waals surface area contributed by atoms with Gasteiger partial charge in [0.2, 0.25) is 5.91 Å². The fraction of sp³-hybridized carbons (Fsp3) is 0.474. The molecule has 150 valence electrons. The smallest absolute Gasteiger partial charge is 0.229 e. The molecule has 3 rings (SSSR count). The number of nitrogens with zero attached hydrogens (tertiary/aromatic N) is 6. The number of halogens is 1. The third-order valence-electron chi connectivity index (χ3n) is 4.93. The van der Waals surface area contributed by atoms with Crippen LogP contribution in [0, 0.1) is 26.7 Å². The number of aromatic nitrogens is 6. The molecule has 1 amide bonds. The van der Waals surface area contributed by atoms with E-state index in [0.29, 0.717) is 18.8 Å². The lowest BCUT2D eigenvalue weighted by Gasteiger charge is -2.12. The summed E-state index contributed by atoms with van der Waals surface area (Å²) in [4.78, 5) is 12.6. The first kappa shape index (κ1) is 20.3. The van der Waals surface area contributed by atoms with Crippen LogP contribution in [0.4, 0.5) is 5.69 Å². The number of rotatable bonds is 7. The first-order chi connectivity index (χ1) is 13.3. The van der Waals surface area contributed by atoms with E-state index in [0.717, 1.165) is 33.7 Å². The van der Waals surface area contributed by atoms with Gasteiger partial charge in [0.25, 0.3) is 0 Å². The Morgan fingerprint density at radius 3 is 2.54 bits per heavy atom. The van der Waals surface area contributed by atoms with E-state index in [2.05, 4.69) is 50.4 Å². The summed E-state index contributed by atoms with van der Waals surface area (Å²) in [6.45, 7) is 11.9. The number of hydrogen-bond donors (Lipinski definition) is 1. The molecule has 8 nitrogen and oxygen atoms in total. The quantitative estimate of drug-likeness (QED) is 0.601. The molecule has 1 N–H and O–H groups in total. The van der Waals surface area contributed by atoms with Gasteiger partial charge in [0.15, 0.2) is 0 Å². The van der Waals surface area contributed by atoms with E-state index in [4.69, 9.17) is 0 Å². The summed E-state index contributed by atoms with van der Waals surface area (Å²) >= 11 is 3.52. The maximum absolute atomic E-state index is 12.6. The maximum atomic E-state index is 12.6. The van der Waals surface area contributed by atoms with Crippen molar-refractivity contribution in [2.45, 2.75) is 54.3 Å². The van der Waals surface area contributed by atoms with Gasteiger partial charge in [-0.25, -0.2) is 0 Å². The minimum absolute atomic E-state index is 0.0572. The Morgan fingerprint density at radius 2 is 1.93 bits per heavy atom. The molecule has 0 saturated heterocycles. The first-order valence-electron chi connectivity index (χ1n) is 9.34. The lowest BCUT2D eigenvalue weighted by molar-refractivity contribution is -0.119. The molecule has 9 heteroatoms. The summed E-state index contributed by atoms with van der Waals surface area (Å²) < 4.78 is 6.62. The lowest BCUT2D eigenvalue weighted by atomic mass is 10.1. The molecule has 3 heterocycles. The minimum atomic E-state index is -0.224. The predicted molar refractivity (Wildman–Crippen MR) is 111 cm³/mol. The highest BCUT2D eigenvalue weighted by Gasteiger charge is 2.18. The van der Waals surface area contributed by atoms with E-state index in [1.54, 1.807) is 6.20 Å². The molecule has 3 aromatic heterocycles. The van der Waals surface area contributed by atoms with E-state index in [1.165, 1.54) is 0 Å². The number of nitrogens with one attached hydrogen (secondary N) is 1. The average Bonchev–Trinajstić information content (AvgIpc) is 3.32. The largest absolute Gasteiger partial charge is 0.323 e. The molecule has 1 unspecified atom stereocenters. The number of aryl methyl sites for hydroxylation is 2. The number of hydrogen-bond acceptors (Lipinski definition) is 4. The van der Waals surface area contributed by atoms with E-state index in [9.17, 15) is 4.79 Å². The fourth-order valence-corrected chi connectivity index (χ4v) is 3.39. The molecule has 28 heavy (non-hydrogen) atoms. The molecule has 0 aliphatic carbocycles. The predicted octanol–water partition coefficient (Wildman–Crippen LogP) is 3.31. The highest BCUT2D eigenvalue weighted by atomic mass is 79.9. The van der Waals surface area contributed by atoms with Crippen molar-refractivity contribution < 1.29 is 4.79 Å². The number of anilines is 1. The SMILES string of the molecule is CCn1ncc(Cn2cc(NC(=O)C(C)Cn3nc(C)c(Br)c3C)cn2)c1C. The zero-order valence-corrected chi connectivity index (χ0v) is 18.5. The topological polar surface area (TPSA) is 82.6 Å². The van der Waals surface area contributed by atoms with Crippen LogP contribution in [0.1, 0.15) is 36.5 Å². The summed E-state index contributed by atoms with van der Waals surface area (Å²) in [7, 11) is 0. The monoisotopic (exact) mass is 447 g/mol. The van der Waals surface area contributed by atoms with Crippen LogP contribution in [0.3, 0.4) is 0 Å². The minimum Gasteiger partial charge on any atom is -0.323 e. The van der Waals surface area contributed by atoms with Crippen LogP contribution >= 0.6 is 15.9 Å². The van der Waals surface area contributed by atoms with Gasteiger partial charge in [-0.2, -0.15) is 15.3 Å². The van der Waals surface area contributed by atoms with Crippen molar-refractivity contribution in [2.24, 2.45) is 5.92 Å². The van der Waals surface area contributed by atoms with Crippen molar-refractivity contribution in [1.82, 2.24) is 29.3 Å². The van der Waals surface area contributed by atoms with Crippen LogP contribution in [0.15, 0.2) is 23.1 Å². The number of carbonyl (C=O) groups excluding carboxylic acids is 1. The first-order valence-corrected chi connectivity index (χ1v) is 10.1. The summed E-state index contributed by atoms with van der Waals surface area (Å²) in [5, 5.41) is 16.1. The van der Waals surface area contributed by atoms with Crippen molar-refractivity contribution in [2.75, 3.05) is 5.32 Å². The summed E-state index contributed by atoms with van der Waals surface area (Å²) in [5.41, 5.74) is 4.88. The Bertz CT molecular complexity index is 985. The van der Waals surface area contributed by atoms with Gasteiger partial charge in [-0.15, -0.1) is 0 Å². The van der Waals surface area contributed by atoms with Gasteiger partial charge < -0.3 is 5.32 Å². The van der Waals surface area contributed by atoms with Crippen LogP contribution in [-0.4, -0.2) is 35.2 Å². The second kappa shape index (κ2) is 8.30. The van der Waals surface area contributed by atoms with Gasteiger partial charge in [-0.05, 0) is 43.6 Å².